The number of aliphatic hydroxyl groups is 1. The second-order valence-electron chi connectivity index (χ2n) is 5.52. The Balaban J connectivity index is 1.85. The van der Waals surface area contributed by atoms with Crippen molar-refractivity contribution in [2.75, 3.05) is 6.61 Å². The Morgan fingerprint density at radius 2 is 1.75 bits per heavy atom. The Bertz CT molecular complexity index is 922. The van der Waals surface area contributed by atoms with Crippen LogP contribution in [0.25, 0.3) is 10.9 Å². The van der Waals surface area contributed by atoms with Gasteiger partial charge in [-0.05, 0) is 17.2 Å². The Kier molecular flexibility index (Phi) is 4.89. The van der Waals surface area contributed by atoms with Crippen LogP contribution in [0.5, 0.6) is 0 Å². The van der Waals surface area contributed by atoms with Crippen molar-refractivity contribution in [1.82, 2.24) is 9.71 Å². The number of para-hydroxylation sites is 1. The number of rotatable bonds is 6. The SMILES string of the molecule is O=S(=O)(Cc1cccc2cccnc12)N[C@@H](CO)c1ccccc1. The number of pyridine rings is 1. The maximum Gasteiger partial charge on any atom is 0.216 e. The largest absolute Gasteiger partial charge is 0.394 e. The average molecular weight is 342 g/mol. The molecule has 0 saturated heterocycles. The van der Waals surface area contributed by atoms with Crippen molar-refractivity contribution < 1.29 is 13.5 Å². The first kappa shape index (κ1) is 16.6. The number of nitrogens with one attached hydrogen (secondary N) is 1. The van der Waals surface area contributed by atoms with Crippen LogP contribution in [0.1, 0.15) is 17.2 Å². The summed E-state index contributed by atoms with van der Waals surface area (Å²) in [6, 6.07) is 17.5. The van der Waals surface area contributed by atoms with Crippen molar-refractivity contribution in [3.05, 3.63) is 78.0 Å². The van der Waals surface area contributed by atoms with E-state index in [-0.39, 0.29) is 12.4 Å². The van der Waals surface area contributed by atoms with Gasteiger partial charge in [0, 0.05) is 11.6 Å². The lowest BCUT2D eigenvalue weighted by atomic mass is 10.1. The molecule has 0 spiro atoms. The molecule has 0 unspecified atom stereocenters. The Hall–Kier alpha value is -2.28. The minimum Gasteiger partial charge on any atom is -0.394 e. The first-order valence-corrected chi connectivity index (χ1v) is 9.23. The van der Waals surface area contributed by atoms with Gasteiger partial charge in [0.1, 0.15) is 0 Å². The molecule has 0 bridgehead atoms. The number of aliphatic hydroxyl groups excluding tert-OH is 1. The van der Waals surface area contributed by atoms with Crippen LogP contribution < -0.4 is 4.72 Å². The molecule has 2 N–H and O–H groups in total. The Morgan fingerprint density at radius 1 is 1.00 bits per heavy atom. The van der Waals surface area contributed by atoms with Crippen LogP contribution in [0.2, 0.25) is 0 Å². The van der Waals surface area contributed by atoms with E-state index in [0.717, 1.165) is 10.9 Å². The van der Waals surface area contributed by atoms with Crippen molar-refractivity contribution in [2.24, 2.45) is 0 Å². The number of hydrogen-bond acceptors (Lipinski definition) is 4. The van der Waals surface area contributed by atoms with Crippen LogP contribution in [0, 0.1) is 0 Å². The van der Waals surface area contributed by atoms with E-state index in [0.29, 0.717) is 11.1 Å². The minimum absolute atomic E-state index is 0.190. The first-order valence-electron chi connectivity index (χ1n) is 7.57. The average Bonchev–Trinajstić information content (AvgIpc) is 2.60. The third-order valence-electron chi connectivity index (χ3n) is 3.77. The van der Waals surface area contributed by atoms with E-state index in [2.05, 4.69) is 9.71 Å². The molecular weight excluding hydrogens is 324 g/mol. The molecule has 0 aliphatic carbocycles. The lowest BCUT2D eigenvalue weighted by molar-refractivity contribution is 0.259. The molecular formula is C18H18N2O3S. The van der Waals surface area contributed by atoms with E-state index in [9.17, 15) is 13.5 Å². The summed E-state index contributed by atoms with van der Waals surface area (Å²) in [6.45, 7) is -0.309. The number of sulfonamides is 1. The summed E-state index contributed by atoms with van der Waals surface area (Å²) in [5, 5.41) is 10.4. The lowest BCUT2D eigenvalue weighted by Gasteiger charge is -2.17. The number of benzene rings is 2. The molecule has 0 aliphatic heterocycles. The molecule has 24 heavy (non-hydrogen) atoms. The van der Waals surface area contributed by atoms with E-state index in [4.69, 9.17) is 0 Å². The highest BCUT2D eigenvalue weighted by Gasteiger charge is 2.20. The van der Waals surface area contributed by atoms with Gasteiger partial charge in [0.25, 0.3) is 0 Å². The fourth-order valence-electron chi connectivity index (χ4n) is 2.64. The zero-order valence-electron chi connectivity index (χ0n) is 13.0. The Morgan fingerprint density at radius 3 is 2.50 bits per heavy atom. The predicted molar refractivity (Wildman–Crippen MR) is 93.8 cm³/mol. The zero-order valence-corrected chi connectivity index (χ0v) is 13.8. The van der Waals surface area contributed by atoms with Gasteiger partial charge in [0.15, 0.2) is 0 Å². The van der Waals surface area contributed by atoms with Crippen molar-refractivity contribution in [3.63, 3.8) is 0 Å². The predicted octanol–water partition coefficient (Wildman–Crippen LogP) is 2.39. The highest BCUT2D eigenvalue weighted by molar-refractivity contribution is 7.88. The van der Waals surface area contributed by atoms with E-state index in [1.807, 2.05) is 30.3 Å². The minimum atomic E-state index is -3.64. The fourth-order valence-corrected chi connectivity index (χ4v) is 4.01. The van der Waals surface area contributed by atoms with Gasteiger partial charge in [0.2, 0.25) is 10.0 Å². The van der Waals surface area contributed by atoms with Crippen LogP contribution in [-0.4, -0.2) is 25.1 Å². The van der Waals surface area contributed by atoms with Crippen molar-refractivity contribution in [3.8, 4) is 0 Å². The molecule has 3 aromatic rings. The fraction of sp³-hybridized carbons (Fsp3) is 0.167. The molecule has 0 radical (unpaired) electrons. The number of hydrogen-bond donors (Lipinski definition) is 2. The van der Waals surface area contributed by atoms with Crippen LogP contribution >= 0.6 is 0 Å². The topological polar surface area (TPSA) is 79.3 Å². The summed E-state index contributed by atoms with van der Waals surface area (Å²) in [5.74, 6) is -0.190. The summed E-state index contributed by atoms with van der Waals surface area (Å²) in [6.07, 6.45) is 1.65. The second-order valence-corrected chi connectivity index (χ2v) is 7.27. The maximum absolute atomic E-state index is 12.5. The smallest absolute Gasteiger partial charge is 0.216 e. The summed E-state index contributed by atoms with van der Waals surface area (Å²) < 4.78 is 27.6. The third kappa shape index (κ3) is 3.79. The molecule has 2 aromatic carbocycles. The number of aromatic nitrogens is 1. The molecule has 0 aliphatic rings. The van der Waals surface area contributed by atoms with Gasteiger partial charge < -0.3 is 5.11 Å². The number of fused-ring (bicyclic) bond motifs is 1. The van der Waals surface area contributed by atoms with E-state index in [1.54, 1.807) is 36.5 Å². The zero-order chi connectivity index (χ0) is 17.0. The molecule has 1 atom stereocenters. The maximum atomic E-state index is 12.5. The number of nitrogens with zero attached hydrogens (tertiary/aromatic N) is 1. The molecule has 0 amide bonds. The lowest BCUT2D eigenvalue weighted by Crippen LogP contribution is -2.31. The molecule has 5 nitrogen and oxygen atoms in total. The van der Waals surface area contributed by atoms with Crippen LogP contribution in [-0.2, 0) is 15.8 Å². The summed E-state index contributed by atoms with van der Waals surface area (Å²) in [5.41, 5.74) is 2.02. The monoisotopic (exact) mass is 342 g/mol. The standard InChI is InChI=1S/C18H18N2O3S/c21-12-17(14-6-2-1-3-7-14)20-24(22,23)13-16-9-4-8-15-10-5-11-19-18(15)16/h1-11,17,20-21H,12-13H2/t17-/m0/s1. The van der Waals surface area contributed by atoms with Crippen LogP contribution in [0.3, 0.4) is 0 Å². The van der Waals surface area contributed by atoms with Crippen molar-refractivity contribution in [1.29, 1.82) is 0 Å². The molecule has 3 rings (SSSR count). The molecule has 6 heteroatoms. The summed E-state index contributed by atoms with van der Waals surface area (Å²) in [4.78, 5) is 4.28. The molecule has 0 saturated carbocycles. The van der Waals surface area contributed by atoms with Gasteiger partial charge >= 0.3 is 0 Å². The highest BCUT2D eigenvalue weighted by atomic mass is 32.2. The summed E-state index contributed by atoms with van der Waals surface area (Å²) in [7, 11) is -3.64. The van der Waals surface area contributed by atoms with E-state index in [1.165, 1.54) is 0 Å². The van der Waals surface area contributed by atoms with Gasteiger partial charge in [-0.2, -0.15) is 0 Å². The first-order chi connectivity index (χ1) is 11.6. The van der Waals surface area contributed by atoms with Gasteiger partial charge in [-0.3, -0.25) is 4.98 Å². The normalized spacial score (nSPS) is 13.0. The van der Waals surface area contributed by atoms with Gasteiger partial charge in [-0.1, -0.05) is 54.6 Å². The van der Waals surface area contributed by atoms with Crippen LogP contribution in [0.4, 0.5) is 0 Å². The van der Waals surface area contributed by atoms with Crippen molar-refractivity contribution >= 4 is 20.9 Å². The van der Waals surface area contributed by atoms with E-state index < -0.39 is 16.1 Å². The molecule has 124 valence electrons. The molecule has 0 fully saturated rings. The second kappa shape index (κ2) is 7.09. The third-order valence-corrected chi connectivity index (χ3v) is 5.10. The molecule has 1 heterocycles. The van der Waals surface area contributed by atoms with Gasteiger partial charge in [0.05, 0.1) is 23.9 Å². The van der Waals surface area contributed by atoms with Gasteiger partial charge in [-0.15, -0.1) is 0 Å². The van der Waals surface area contributed by atoms with E-state index >= 15 is 0 Å². The quantitative estimate of drug-likeness (QED) is 0.721. The molecule has 1 aromatic heterocycles. The summed E-state index contributed by atoms with van der Waals surface area (Å²) >= 11 is 0. The van der Waals surface area contributed by atoms with Crippen molar-refractivity contribution in [2.45, 2.75) is 11.8 Å². The van der Waals surface area contributed by atoms with Gasteiger partial charge in [-0.25, -0.2) is 13.1 Å². The van der Waals surface area contributed by atoms with Crippen LogP contribution in [0.15, 0.2) is 66.9 Å². The Labute approximate surface area is 141 Å². The highest BCUT2D eigenvalue weighted by Crippen LogP contribution is 2.19.